The third-order valence-corrected chi connectivity index (χ3v) is 3.28. The fraction of sp³-hybridized carbons (Fsp3) is 0.176. The maximum atomic E-state index is 12.0. The van der Waals surface area contributed by atoms with E-state index in [1.54, 1.807) is 36.4 Å². The predicted molar refractivity (Wildman–Crippen MR) is 80.3 cm³/mol. The fourth-order valence-electron chi connectivity index (χ4n) is 2.03. The lowest BCUT2D eigenvalue weighted by Gasteiger charge is -2.14. The van der Waals surface area contributed by atoms with Crippen LogP contribution in [0.15, 0.2) is 54.6 Å². The molecule has 0 bridgehead atoms. The normalized spacial score (nSPS) is 11.7. The van der Waals surface area contributed by atoms with Gasteiger partial charge in [0.05, 0.1) is 5.92 Å². The smallest absolute Gasteiger partial charge is 0.312 e. The van der Waals surface area contributed by atoms with Gasteiger partial charge in [-0.1, -0.05) is 48.0 Å². The molecule has 0 spiro atoms. The second kappa shape index (κ2) is 6.70. The van der Waals surface area contributed by atoms with Crippen LogP contribution in [-0.4, -0.2) is 23.5 Å². The van der Waals surface area contributed by atoms with E-state index in [0.29, 0.717) is 11.1 Å². The van der Waals surface area contributed by atoms with E-state index < -0.39 is 11.9 Å². The van der Waals surface area contributed by atoms with E-state index in [2.05, 4.69) is 5.32 Å². The highest BCUT2D eigenvalue weighted by atomic mass is 16.4. The lowest BCUT2D eigenvalue weighted by Crippen LogP contribution is -2.31. The summed E-state index contributed by atoms with van der Waals surface area (Å²) in [5.41, 5.74) is 2.27. The van der Waals surface area contributed by atoms with Gasteiger partial charge in [0.25, 0.3) is 5.91 Å². The summed E-state index contributed by atoms with van der Waals surface area (Å²) < 4.78 is 0. The van der Waals surface area contributed by atoms with Crippen LogP contribution in [0.3, 0.4) is 0 Å². The Bertz CT molecular complexity index is 620. The van der Waals surface area contributed by atoms with Gasteiger partial charge >= 0.3 is 5.97 Å². The van der Waals surface area contributed by atoms with E-state index in [4.69, 9.17) is 0 Å². The van der Waals surface area contributed by atoms with Gasteiger partial charge in [-0.2, -0.15) is 0 Å². The Balaban J connectivity index is 2.06. The van der Waals surface area contributed by atoms with Crippen LogP contribution >= 0.6 is 0 Å². The van der Waals surface area contributed by atoms with Gasteiger partial charge in [0.15, 0.2) is 0 Å². The van der Waals surface area contributed by atoms with Crippen molar-refractivity contribution in [2.45, 2.75) is 12.8 Å². The monoisotopic (exact) mass is 283 g/mol. The molecule has 0 saturated heterocycles. The zero-order valence-electron chi connectivity index (χ0n) is 11.7. The summed E-state index contributed by atoms with van der Waals surface area (Å²) >= 11 is 0. The fourth-order valence-corrected chi connectivity index (χ4v) is 2.03. The van der Waals surface area contributed by atoms with E-state index >= 15 is 0 Å². The number of nitrogens with one attached hydrogen (secondary N) is 1. The van der Waals surface area contributed by atoms with Crippen molar-refractivity contribution in [3.63, 3.8) is 0 Å². The van der Waals surface area contributed by atoms with Crippen LogP contribution in [0.25, 0.3) is 0 Å². The number of hydrogen-bond acceptors (Lipinski definition) is 2. The van der Waals surface area contributed by atoms with E-state index in [9.17, 15) is 14.7 Å². The largest absolute Gasteiger partial charge is 0.481 e. The molecule has 108 valence electrons. The van der Waals surface area contributed by atoms with Crippen LogP contribution in [0.4, 0.5) is 0 Å². The lowest BCUT2D eigenvalue weighted by atomic mass is 9.98. The van der Waals surface area contributed by atoms with Crippen molar-refractivity contribution < 1.29 is 14.7 Å². The van der Waals surface area contributed by atoms with Crippen LogP contribution in [0.1, 0.15) is 27.4 Å². The Kier molecular flexibility index (Phi) is 4.72. The maximum absolute atomic E-state index is 12.0. The first-order valence-electron chi connectivity index (χ1n) is 6.70. The number of carbonyl (C=O) groups is 2. The summed E-state index contributed by atoms with van der Waals surface area (Å²) in [6.45, 7) is 2.00. The molecule has 0 saturated carbocycles. The molecular weight excluding hydrogens is 266 g/mol. The standard InChI is InChI=1S/C17H17NO3/c1-12-7-9-13(10-8-12)15(17(20)21)11-18-16(19)14-5-3-2-4-6-14/h2-10,15H,11H2,1H3,(H,18,19)(H,20,21). The van der Waals surface area contributed by atoms with Gasteiger partial charge < -0.3 is 10.4 Å². The highest BCUT2D eigenvalue weighted by molar-refractivity contribution is 5.94. The summed E-state index contributed by atoms with van der Waals surface area (Å²) in [5, 5.41) is 12.0. The minimum absolute atomic E-state index is 0.0616. The zero-order chi connectivity index (χ0) is 15.2. The Labute approximate surface area is 123 Å². The number of carboxylic acid groups (broad SMARTS) is 1. The second-order valence-corrected chi connectivity index (χ2v) is 4.88. The molecule has 0 fully saturated rings. The zero-order valence-corrected chi connectivity index (χ0v) is 11.7. The number of hydrogen-bond donors (Lipinski definition) is 2. The molecule has 0 aliphatic carbocycles. The lowest BCUT2D eigenvalue weighted by molar-refractivity contribution is -0.138. The number of amides is 1. The number of benzene rings is 2. The van der Waals surface area contributed by atoms with Crippen molar-refractivity contribution in [3.05, 3.63) is 71.3 Å². The molecule has 4 heteroatoms. The van der Waals surface area contributed by atoms with Crippen LogP contribution in [-0.2, 0) is 4.79 Å². The SMILES string of the molecule is Cc1ccc(C(CNC(=O)c2ccccc2)C(=O)O)cc1. The van der Waals surface area contributed by atoms with E-state index in [-0.39, 0.29) is 12.5 Å². The summed E-state index contributed by atoms with van der Waals surface area (Å²) in [6.07, 6.45) is 0. The minimum atomic E-state index is -0.952. The molecule has 1 atom stereocenters. The molecule has 21 heavy (non-hydrogen) atoms. The molecule has 4 nitrogen and oxygen atoms in total. The van der Waals surface area contributed by atoms with Gasteiger partial charge in [-0.3, -0.25) is 9.59 Å². The van der Waals surface area contributed by atoms with E-state index in [0.717, 1.165) is 5.56 Å². The van der Waals surface area contributed by atoms with Crippen LogP contribution in [0.2, 0.25) is 0 Å². The van der Waals surface area contributed by atoms with Gasteiger partial charge in [0.2, 0.25) is 0 Å². The third-order valence-electron chi connectivity index (χ3n) is 3.28. The van der Waals surface area contributed by atoms with Crippen molar-refractivity contribution in [2.75, 3.05) is 6.54 Å². The molecule has 2 aromatic rings. The number of aryl methyl sites for hydroxylation is 1. The molecule has 2 aromatic carbocycles. The molecule has 2 rings (SSSR count). The minimum Gasteiger partial charge on any atom is -0.481 e. The second-order valence-electron chi connectivity index (χ2n) is 4.88. The van der Waals surface area contributed by atoms with Crippen molar-refractivity contribution in [1.82, 2.24) is 5.32 Å². The molecule has 0 aliphatic heterocycles. The van der Waals surface area contributed by atoms with Gasteiger partial charge in [-0.05, 0) is 24.6 Å². The molecule has 1 unspecified atom stereocenters. The Morgan fingerprint density at radius 1 is 1.05 bits per heavy atom. The van der Waals surface area contributed by atoms with Crippen molar-refractivity contribution in [2.24, 2.45) is 0 Å². The average molecular weight is 283 g/mol. The van der Waals surface area contributed by atoms with E-state index in [1.807, 2.05) is 25.1 Å². The Morgan fingerprint density at radius 3 is 2.24 bits per heavy atom. The number of carbonyl (C=O) groups excluding carboxylic acids is 1. The quantitative estimate of drug-likeness (QED) is 0.886. The molecule has 0 aliphatic rings. The number of carboxylic acids is 1. The molecule has 2 N–H and O–H groups in total. The van der Waals surface area contributed by atoms with E-state index in [1.165, 1.54) is 0 Å². The first-order chi connectivity index (χ1) is 10.1. The first kappa shape index (κ1) is 14.8. The van der Waals surface area contributed by atoms with Crippen molar-refractivity contribution in [1.29, 1.82) is 0 Å². The van der Waals surface area contributed by atoms with Gasteiger partial charge in [-0.15, -0.1) is 0 Å². The average Bonchev–Trinajstić information content (AvgIpc) is 2.49. The first-order valence-corrected chi connectivity index (χ1v) is 6.70. The number of aliphatic carboxylic acids is 1. The molecular formula is C17H17NO3. The van der Waals surface area contributed by atoms with Gasteiger partial charge in [0, 0.05) is 12.1 Å². The Morgan fingerprint density at radius 2 is 1.67 bits per heavy atom. The number of rotatable bonds is 5. The predicted octanol–water partition coefficient (Wildman–Crippen LogP) is 2.59. The molecule has 0 heterocycles. The van der Waals surface area contributed by atoms with Crippen molar-refractivity contribution in [3.8, 4) is 0 Å². The summed E-state index contributed by atoms with van der Waals surface area (Å²) in [4.78, 5) is 23.3. The summed E-state index contributed by atoms with van der Waals surface area (Å²) in [5.74, 6) is -1.97. The molecule has 1 amide bonds. The van der Waals surface area contributed by atoms with Crippen LogP contribution < -0.4 is 5.32 Å². The van der Waals surface area contributed by atoms with Gasteiger partial charge in [0.1, 0.15) is 0 Å². The maximum Gasteiger partial charge on any atom is 0.312 e. The highest BCUT2D eigenvalue weighted by Gasteiger charge is 2.20. The third kappa shape index (κ3) is 3.92. The molecule has 0 aromatic heterocycles. The highest BCUT2D eigenvalue weighted by Crippen LogP contribution is 2.16. The topological polar surface area (TPSA) is 66.4 Å². The summed E-state index contributed by atoms with van der Waals surface area (Å²) in [6, 6.07) is 16.0. The van der Waals surface area contributed by atoms with Crippen molar-refractivity contribution >= 4 is 11.9 Å². The van der Waals surface area contributed by atoms with Gasteiger partial charge in [-0.25, -0.2) is 0 Å². The van der Waals surface area contributed by atoms with Crippen LogP contribution in [0.5, 0.6) is 0 Å². The van der Waals surface area contributed by atoms with Crippen LogP contribution in [0, 0.1) is 6.92 Å². The molecule has 0 radical (unpaired) electrons. The summed E-state index contributed by atoms with van der Waals surface area (Å²) in [7, 11) is 0. The Hall–Kier alpha value is -2.62.